The molecular weight excluding hydrogens is 312 g/mol. The number of carbonyl (C=O) groups is 2. The van der Waals surface area contributed by atoms with Gasteiger partial charge in [-0.2, -0.15) is 5.10 Å². The SMILES string of the molecule is COc1cc(NC(=O)C2CC(=O)Nc3cc(C)nn32)cc(OC)c1. The molecule has 0 saturated carbocycles. The molecule has 0 saturated heterocycles. The number of aromatic nitrogens is 2. The van der Waals surface area contributed by atoms with Crippen molar-refractivity contribution in [3.8, 4) is 11.5 Å². The van der Waals surface area contributed by atoms with E-state index in [1.807, 2.05) is 0 Å². The Morgan fingerprint density at radius 2 is 1.92 bits per heavy atom. The first-order valence-electron chi connectivity index (χ1n) is 7.40. The molecule has 8 nitrogen and oxygen atoms in total. The highest BCUT2D eigenvalue weighted by Crippen LogP contribution is 2.29. The molecule has 2 N–H and O–H groups in total. The summed E-state index contributed by atoms with van der Waals surface area (Å²) in [6, 6.07) is 6.08. The van der Waals surface area contributed by atoms with Crippen LogP contribution < -0.4 is 20.1 Å². The number of fused-ring (bicyclic) bond motifs is 1. The lowest BCUT2D eigenvalue weighted by Crippen LogP contribution is -2.35. The number of ether oxygens (including phenoxy) is 2. The second-order valence-electron chi connectivity index (χ2n) is 5.47. The van der Waals surface area contributed by atoms with Gasteiger partial charge in [0, 0.05) is 30.0 Å². The molecule has 0 bridgehead atoms. The van der Waals surface area contributed by atoms with Gasteiger partial charge in [-0.15, -0.1) is 0 Å². The number of anilines is 2. The predicted octanol–water partition coefficient (Wildman–Crippen LogP) is 1.73. The molecule has 1 unspecified atom stereocenters. The Hall–Kier alpha value is -3.03. The summed E-state index contributed by atoms with van der Waals surface area (Å²) in [5.41, 5.74) is 1.25. The van der Waals surface area contributed by atoms with Crippen LogP contribution in [0.2, 0.25) is 0 Å². The fourth-order valence-corrected chi connectivity index (χ4v) is 2.61. The standard InChI is InChI=1S/C16H18N4O4/c1-9-4-14-18-15(21)8-13(20(14)19-9)16(22)17-10-5-11(23-2)7-12(6-10)24-3/h4-7,13H,8H2,1-3H3,(H,17,22)(H,18,21). The van der Waals surface area contributed by atoms with E-state index in [4.69, 9.17) is 9.47 Å². The summed E-state index contributed by atoms with van der Waals surface area (Å²) in [6.07, 6.45) is 0.0288. The van der Waals surface area contributed by atoms with E-state index >= 15 is 0 Å². The molecule has 2 amide bonds. The second-order valence-corrected chi connectivity index (χ2v) is 5.47. The number of hydrogen-bond donors (Lipinski definition) is 2. The average Bonchev–Trinajstić information content (AvgIpc) is 2.93. The molecule has 1 aromatic carbocycles. The van der Waals surface area contributed by atoms with E-state index in [2.05, 4.69) is 15.7 Å². The third-order valence-corrected chi connectivity index (χ3v) is 3.72. The lowest BCUT2D eigenvalue weighted by atomic mass is 10.1. The Balaban J connectivity index is 1.86. The van der Waals surface area contributed by atoms with Gasteiger partial charge in [0.25, 0.3) is 0 Å². The van der Waals surface area contributed by atoms with E-state index in [-0.39, 0.29) is 18.2 Å². The molecule has 0 aliphatic carbocycles. The first-order valence-corrected chi connectivity index (χ1v) is 7.40. The third kappa shape index (κ3) is 3.03. The van der Waals surface area contributed by atoms with Crippen molar-refractivity contribution in [2.75, 3.05) is 24.9 Å². The highest BCUT2D eigenvalue weighted by Gasteiger charge is 2.31. The molecule has 0 spiro atoms. The quantitative estimate of drug-likeness (QED) is 0.890. The largest absolute Gasteiger partial charge is 0.497 e. The first-order chi connectivity index (χ1) is 11.5. The molecule has 0 fully saturated rings. The molecule has 1 aliphatic rings. The van der Waals surface area contributed by atoms with Crippen molar-refractivity contribution in [2.24, 2.45) is 0 Å². The van der Waals surface area contributed by atoms with E-state index in [1.54, 1.807) is 31.2 Å². The summed E-state index contributed by atoms with van der Waals surface area (Å²) < 4.78 is 11.9. The Bertz CT molecular complexity index is 777. The molecule has 1 aliphatic heterocycles. The van der Waals surface area contributed by atoms with Crippen LogP contribution in [-0.4, -0.2) is 35.8 Å². The van der Waals surface area contributed by atoms with Gasteiger partial charge in [0.05, 0.1) is 26.3 Å². The van der Waals surface area contributed by atoms with E-state index in [0.29, 0.717) is 23.0 Å². The number of methoxy groups -OCH3 is 2. The smallest absolute Gasteiger partial charge is 0.249 e. The van der Waals surface area contributed by atoms with Crippen molar-refractivity contribution in [2.45, 2.75) is 19.4 Å². The summed E-state index contributed by atoms with van der Waals surface area (Å²) in [5, 5.41) is 9.79. The highest BCUT2D eigenvalue weighted by atomic mass is 16.5. The van der Waals surface area contributed by atoms with E-state index in [1.165, 1.54) is 18.9 Å². The maximum atomic E-state index is 12.7. The Morgan fingerprint density at radius 1 is 1.25 bits per heavy atom. The maximum absolute atomic E-state index is 12.7. The van der Waals surface area contributed by atoms with Crippen LogP contribution in [-0.2, 0) is 9.59 Å². The number of rotatable bonds is 4. The zero-order valence-electron chi connectivity index (χ0n) is 13.6. The van der Waals surface area contributed by atoms with Gasteiger partial charge in [-0.1, -0.05) is 0 Å². The lowest BCUT2D eigenvalue weighted by Gasteiger charge is -2.23. The Labute approximate surface area is 138 Å². The van der Waals surface area contributed by atoms with Crippen LogP contribution in [0.3, 0.4) is 0 Å². The second kappa shape index (κ2) is 6.23. The third-order valence-electron chi connectivity index (χ3n) is 3.72. The molecule has 8 heteroatoms. The molecule has 24 heavy (non-hydrogen) atoms. The van der Waals surface area contributed by atoms with Crippen LogP contribution in [0.4, 0.5) is 11.5 Å². The van der Waals surface area contributed by atoms with E-state index < -0.39 is 6.04 Å². The monoisotopic (exact) mass is 330 g/mol. The number of hydrogen-bond acceptors (Lipinski definition) is 5. The van der Waals surface area contributed by atoms with Crippen LogP contribution in [0.5, 0.6) is 11.5 Å². The molecule has 1 atom stereocenters. The van der Waals surface area contributed by atoms with Crippen LogP contribution in [0.25, 0.3) is 0 Å². The van der Waals surface area contributed by atoms with Gasteiger partial charge >= 0.3 is 0 Å². The van der Waals surface area contributed by atoms with Crippen LogP contribution in [0.1, 0.15) is 18.2 Å². The van der Waals surface area contributed by atoms with Gasteiger partial charge in [-0.3, -0.25) is 9.59 Å². The summed E-state index contributed by atoms with van der Waals surface area (Å²) in [6.45, 7) is 1.80. The van der Waals surface area contributed by atoms with Crippen molar-refractivity contribution in [3.63, 3.8) is 0 Å². The molecule has 2 heterocycles. The number of nitrogens with zero attached hydrogens (tertiary/aromatic N) is 2. The minimum Gasteiger partial charge on any atom is -0.497 e. The zero-order valence-corrected chi connectivity index (χ0v) is 13.6. The van der Waals surface area contributed by atoms with Crippen LogP contribution >= 0.6 is 0 Å². The summed E-state index contributed by atoms with van der Waals surface area (Å²) in [7, 11) is 3.06. The minimum atomic E-state index is -0.709. The topological polar surface area (TPSA) is 94.5 Å². The number of nitrogens with one attached hydrogen (secondary N) is 2. The van der Waals surface area contributed by atoms with Gasteiger partial charge < -0.3 is 20.1 Å². The molecule has 126 valence electrons. The first kappa shape index (κ1) is 15.9. The number of carbonyl (C=O) groups excluding carboxylic acids is 2. The van der Waals surface area contributed by atoms with Gasteiger partial charge in [0.2, 0.25) is 11.8 Å². The lowest BCUT2D eigenvalue weighted by molar-refractivity contribution is -0.125. The summed E-state index contributed by atoms with van der Waals surface area (Å²) >= 11 is 0. The zero-order chi connectivity index (χ0) is 17.3. The molecule has 1 aromatic heterocycles. The van der Waals surface area contributed by atoms with Crippen molar-refractivity contribution in [1.82, 2.24) is 9.78 Å². The number of amides is 2. The maximum Gasteiger partial charge on any atom is 0.249 e. The van der Waals surface area contributed by atoms with Crippen molar-refractivity contribution < 1.29 is 19.1 Å². The van der Waals surface area contributed by atoms with E-state index in [0.717, 1.165) is 5.69 Å². The molecule has 0 radical (unpaired) electrons. The summed E-state index contributed by atoms with van der Waals surface area (Å²) in [4.78, 5) is 24.5. The van der Waals surface area contributed by atoms with Crippen molar-refractivity contribution in [1.29, 1.82) is 0 Å². The van der Waals surface area contributed by atoms with Crippen LogP contribution in [0, 0.1) is 6.92 Å². The van der Waals surface area contributed by atoms with E-state index in [9.17, 15) is 9.59 Å². The minimum absolute atomic E-state index is 0.0288. The van der Waals surface area contributed by atoms with Gasteiger partial charge in [-0.25, -0.2) is 4.68 Å². The van der Waals surface area contributed by atoms with Crippen molar-refractivity contribution in [3.05, 3.63) is 30.0 Å². The average molecular weight is 330 g/mol. The van der Waals surface area contributed by atoms with Gasteiger partial charge in [0.1, 0.15) is 23.4 Å². The summed E-state index contributed by atoms with van der Waals surface area (Å²) in [5.74, 6) is 1.09. The fourth-order valence-electron chi connectivity index (χ4n) is 2.61. The normalized spacial score (nSPS) is 16.1. The molecule has 3 rings (SSSR count). The molecule has 2 aromatic rings. The molecular formula is C16H18N4O4. The Kier molecular flexibility index (Phi) is 4.11. The van der Waals surface area contributed by atoms with Crippen molar-refractivity contribution >= 4 is 23.3 Å². The fraction of sp³-hybridized carbons (Fsp3) is 0.312. The Morgan fingerprint density at radius 3 is 2.54 bits per heavy atom. The predicted molar refractivity (Wildman–Crippen MR) is 87.4 cm³/mol. The number of benzene rings is 1. The van der Waals surface area contributed by atoms with Gasteiger partial charge in [0.15, 0.2) is 0 Å². The van der Waals surface area contributed by atoms with Crippen LogP contribution in [0.15, 0.2) is 24.3 Å². The van der Waals surface area contributed by atoms with Gasteiger partial charge in [-0.05, 0) is 6.92 Å². The number of aryl methyl sites for hydroxylation is 1. The highest BCUT2D eigenvalue weighted by molar-refractivity contribution is 6.01.